The number of aliphatic hydroxyl groups is 1. The van der Waals surface area contributed by atoms with E-state index in [9.17, 15) is 53.4 Å². The summed E-state index contributed by atoms with van der Waals surface area (Å²) in [6.07, 6.45) is 2.34. The molecule has 2 aliphatic rings. The molecular weight excluding hydrogens is 1050 g/mol. The predicted molar refractivity (Wildman–Crippen MR) is 300 cm³/mol. The molecule has 438 valence electrons. The van der Waals surface area contributed by atoms with Gasteiger partial charge in [-0.15, -0.1) is 0 Å². The van der Waals surface area contributed by atoms with E-state index in [1.165, 1.54) is 16.8 Å². The van der Waals surface area contributed by atoms with Gasteiger partial charge in [-0.3, -0.25) is 48.3 Å². The minimum atomic E-state index is -1.68. The summed E-state index contributed by atoms with van der Waals surface area (Å²) in [5, 5.41) is 33.6. The number of aliphatic carboxylic acids is 1. The number of likely N-dealkylation sites (tertiary alicyclic amines) is 2. The van der Waals surface area contributed by atoms with Crippen molar-refractivity contribution in [2.45, 2.75) is 119 Å². The fourth-order valence-corrected chi connectivity index (χ4v) is 9.69. The zero-order chi connectivity index (χ0) is 59.0. The summed E-state index contributed by atoms with van der Waals surface area (Å²) in [6.45, 7) is -0.611. The van der Waals surface area contributed by atoms with Crippen LogP contribution in [0.25, 0.3) is 0 Å². The van der Waals surface area contributed by atoms with Gasteiger partial charge < -0.3 is 80.2 Å². The van der Waals surface area contributed by atoms with Crippen LogP contribution in [0.4, 0.5) is 0 Å². The molecule has 0 aromatic heterocycles. The maximum absolute atomic E-state index is 14.6. The van der Waals surface area contributed by atoms with Crippen LogP contribution in [-0.4, -0.2) is 185 Å². The van der Waals surface area contributed by atoms with E-state index < -0.39 is 115 Å². The Kier molecular flexibility index (Phi) is 24.8. The van der Waals surface area contributed by atoms with Crippen molar-refractivity contribution < 1.29 is 53.4 Å². The molecule has 8 amide bonds. The summed E-state index contributed by atoms with van der Waals surface area (Å²) < 4.78 is 0. The van der Waals surface area contributed by atoms with Gasteiger partial charge in [-0.1, -0.05) is 91.0 Å². The Hall–Kier alpha value is -8.65. The van der Waals surface area contributed by atoms with Gasteiger partial charge in [0.2, 0.25) is 47.3 Å². The number of carbonyl (C=O) groups excluding carboxylic acids is 8. The van der Waals surface area contributed by atoms with Crippen LogP contribution in [-0.2, 0) is 62.4 Å². The standard InChI is InChI=1S/C55H77N15O11/c1-68(44(31-36-19-9-4-10-20-36)49(76)66-40(30-35-17-7-3-8-18-35)47(74)65-38(53(80)81)22-12-26-62-55(59)60)51(78)41(33-71)67-46(73)39(29-34-15-5-2-6-16-34)64-45(72)32-63-48(75)42-23-13-27-69(42)52(79)43-24-14-28-70(43)50(77)37(56)21-11-25-61-54(57)58/h2-10,15-20,37-44,71H,11-14,21-33,56H2,1H3,(H,63,75)(H,64,72)(H,65,74)(H,66,76)(H,67,73)(H,80,81)(H4,57,58,61)(H4,59,60,62)/t37-,38-,39-,40-,41-,42-,43-,44+/m0/s1. The first-order valence-electron chi connectivity index (χ1n) is 26.9. The Morgan fingerprint density at radius 1 is 0.617 bits per heavy atom. The van der Waals surface area contributed by atoms with E-state index in [1.54, 1.807) is 91.0 Å². The molecule has 0 unspecified atom stereocenters. The highest BCUT2D eigenvalue weighted by molar-refractivity contribution is 5.98. The minimum absolute atomic E-state index is 0.0457. The lowest BCUT2D eigenvalue weighted by Gasteiger charge is -2.32. The van der Waals surface area contributed by atoms with Crippen molar-refractivity contribution in [2.24, 2.45) is 38.7 Å². The zero-order valence-electron chi connectivity index (χ0n) is 45.5. The van der Waals surface area contributed by atoms with E-state index in [4.69, 9.17) is 28.7 Å². The molecule has 0 aliphatic carbocycles. The summed E-state index contributed by atoms with van der Waals surface area (Å²) in [7, 11) is 1.29. The second-order valence-electron chi connectivity index (χ2n) is 20.0. The molecule has 2 saturated heterocycles. The number of guanidine groups is 2. The first kappa shape index (κ1) is 63.2. The fraction of sp³-hybridized carbons (Fsp3) is 0.473. The van der Waals surface area contributed by atoms with E-state index in [0.29, 0.717) is 61.8 Å². The Morgan fingerprint density at radius 2 is 1.09 bits per heavy atom. The summed E-state index contributed by atoms with van der Waals surface area (Å²) >= 11 is 0. The fourth-order valence-electron chi connectivity index (χ4n) is 9.69. The number of nitrogens with one attached hydrogen (secondary N) is 5. The lowest BCUT2D eigenvalue weighted by molar-refractivity contribution is -0.147. The second-order valence-corrected chi connectivity index (χ2v) is 20.0. The Bertz CT molecular complexity index is 2680. The highest BCUT2D eigenvalue weighted by Gasteiger charge is 2.43. The second kappa shape index (κ2) is 31.8. The summed E-state index contributed by atoms with van der Waals surface area (Å²) in [6, 6.07) is 16.1. The van der Waals surface area contributed by atoms with Crippen LogP contribution in [0.3, 0.4) is 0 Å². The maximum Gasteiger partial charge on any atom is 0.326 e. The number of amides is 8. The van der Waals surface area contributed by atoms with E-state index >= 15 is 0 Å². The van der Waals surface area contributed by atoms with Crippen molar-refractivity contribution in [2.75, 3.05) is 46.4 Å². The first-order chi connectivity index (χ1) is 38.8. The van der Waals surface area contributed by atoms with E-state index in [-0.39, 0.29) is 63.7 Å². The predicted octanol–water partition coefficient (Wildman–Crippen LogP) is -2.91. The average Bonchev–Trinajstić information content (AvgIpc) is 4.18. The van der Waals surface area contributed by atoms with Gasteiger partial charge in [0.25, 0.3) is 0 Å². The third-order valence-electron chi connectivity index (χ3n) is 14.0. The lowest BCUT2D eigenvalue weighted by Crippen LogP contribution is -2.61. The van der Waals surface area contributed by atoms with Crippen molar-refractivity contribution >= 4 is 65.1 Å². The van der Waals surface area contributed by atoms with Crippen LogP contribution < -0.4 is 55.3 Å². The average molecular weight is 1120 g/mol. The van der Waals surface area contributed by atoms with Gasteiger partial charge in [-0.2, -0.15) is 0 Å². The van der Waals surface area contributed by atoms with Gasteiger partial charge >= 0.3 is 5.97 Å². The molecule has 5 rings (SSSR count). The number of aliphatic hydroxyl groups excluding tert-OH is 1. The third kappa shape index (κ3) is 19.6. The molecule has 0 bridgehead atoms. The monoisotopic (exact) mass is 1120 g/mol. The normalized spacial score (nSPS) is 16.9. The summed E-state index contributed by atoms with van der Waals surface area (Å²) in [5.74, 6) is -7.27. The quantitative estimate of drug-likeness (QED) is 0.0181. The molecule has 2 fully saturated rings. The molecule has 2 heterocycles. The van der Waals surface area contributed by atoms with Crippen molar-refractivity contribution in [1.82, 2.24) is 41.3 Å². The van der Waals surface area contributed by atoms with E-state index in [1.807, 2.05) is 0 Å². The van der Waals surface area contributed by atoms with Gasteiger partial charge in [0.15, 0.2) is 11.9 Å². The van der Waals surface area contributed by atoms with Crippen LogP contribution in [0, 0.1) is 0 Å². The minimum Gasteiger partial charge on any atom is -0.480 e. The van der Waals surface area contributed by atoms with E-state index in [2.05, 4.69) is 36.6 Å². The van der Waals surface area contributed by atoms with Crippen molar-refractivity contribution in [3.63, 3.8) is 0 Å². The SMILES string of the molecule is CN(C(=O)[C@H](CO)NC(=O)[C@H](Cc1ccccc1)NC(=O)CNC(=O)[C@@H]1CCCN1C(=O)[C@@H]1CCCN1C(=O)[C@@H](N)CCCN=C(N)N)[C@H](Cc1ccccc1)C(=O)N[C@@H](Cc1ccccc1)C(=O)N[C@@H](CCCN=C(N)N)C(=O)O. The number of benzene rings is 3. The lowest BCUT2D eigenvalue weighted by atomic mass is 10.0. The number of rotatable bonds is 30. The number of nitrogens with zero attached hydrogens (tertiary/aromatic N) is 5. The molecular formula is C55H77N15O11. The molecule has 0 radical (unpaired) electrons. The van der Waals surface area contributed by atoms with Gasteiger partial charge in [-0.05, 0) is 68.1 Å². The number of carboxylic acids is 1. The van der Waals surface area contributed by atoms with Crippen LogP contribution >= 0.6 is 0 Å². The van der Waals surface area contributed by atoms with Gasteiger partial charge in [0.1, 0.15) is 42.3 Å². The Labute approximate surface area is 470 Å². The number of likely N-dealkylation sites (N-methyl/N-ethyl adjacent to an activating group) is 1. The number of carboxylic acid groups (broad SMARTS) is 1. The molecule has 3 aromatic rings. The van der Waals surface area contributed by atoms with Crippen LogP contribution in [0.2, 0.25) is 0 Å². The van der Waals surface area contributed by atoms with Crippen LogP contribution in [0.15, 0.2) is 101 Å². The Balaban J connectivity index is 1.28. The Morgan fingerprint density at radius 3 is 1.60 bits per heavy atom. The topological polar surface area (TPSA) is 419 Å². The molecule has 17 N–H and O–H groups in total. The maximum atomic E-state index is 14.6. The molecule has 3 aromatic carbocycles. The summed E-state index contributed by atoms with van der Waals surface area (Å²) in [5.41, 5.74) is 29.6. The smallest absolute Gasteiger partial charge is 0.326 e. The number of nitrogens with two attached hydrogens (primary N) is 5. The highest BCUT2D eigenvalue weighted by atomic mass is 16.4. The number of hydrogen-bond acceptors (Lipinski definition) is 13. The van der Waals surface area contributed by atoms with Gasteiger partial charge in [0, 0.05) is 52.5 Å². The third-order valence-corrected chi connectivity index (χ3v) is 14.0. The van der Waals surface area contributed by atoms with Crippen LogP contribution in [0.5, 0.6) is 0 Å². The van der Waals surface area contributed by atoms with Crippen LogP contribution in [0.1, 0.15) is 68.1 Å². The molecule has 26 nitrogen and oxygen atoms in total. The molecule has 26 heteroatoms. The van der Waals surface area contributed by atoms with Crippen molar-refractivity contribution in [3.05, 3.63) is 108 Å². The van der Waals surface area contributed by atoms with E-state index in [0.717, 1.165) is 4.90 Å². The molecule has 8 atom stereocenters. The van der Waals surface area contributed by atoms with Crippen molar-refractivity contribution in [1.29, 1.82) is 0 Å². The first-order valence-corrected chi connectivity index (χ1v) is 26.9. The van der Waals surface area contributed by atoms with Gasteiger partial charge in [-0.25, -0.2) is 4.79 Å². The van der Waals surface area contributed by atoms with Crippen molar-refractivity contribution in [3.8, 4) is 0 Å². The molecule has 2 aliphatic heterocycles. The molecule has 81 heavy (non-hydrogen) atoms. The largest absolute Gasteiger partial charge is 0.480 e. The zero-order valence-corrected chi connectivity index (χ0v) is 45.5. The number of hydrogen-bond donors (Lipinski definition) is 12. The number of aliphatic imine (C=N–C) groups is 2. The summed E-state index contributed by atoms with van der Waals surface area (Å²) in [4.78, 5) is 136. The molecule has 0 spiro atoms. The number of carbonyl (C=O) groups is 9. The molecule has 0 saturated carbocycles. The van der Waals surface area contributed by atoms with Gasteiger partial charge in [0.05, 0.1) is 19.2 Å². The highest BCUT2D eigenvalue weighted by Crippen LogP contribution is 2.26.